The first-order valence-electron chi connectivity index (χ1n) is 6.56. The lowest BCUT2D eigenvalue weighted by Crippen LogP contribution is -2.48. The smallest absolute Gasteiger partial charge is 0.227 e. The molecule has 5 nitrogen and oxygen atoms in total. The fourth-order valence-electron chi connectivity index (χ4n) is 2.21. The number of aryl methyl sites for hydroxylation is 1. The van der Waals surface area contributed by atoms with E-state index in [0.717, 1.165) is 38.1 Å². The first kappa shape index (κ1) is 13.1. The van der Waals surface area contributed by atoms with Crippen molar-refractivity contribution in [2.75, 3.05) is 13.1 Å². The number of nitrogens with zero attached hydrogens (tertiary/aromatic N) is 1. The molecule has 1 saturated heterocycles. The minimum absolute atomic E-state index is 0.0750. The number of hydrogen-bond acceptors (Lipinski definition) is 4. The van der Waals surface area contributed by atoms with Crippen LogP contribution in [0.25, 0.3) is 0 Å². The average Bonchev–Trinajstić information content (AvgIpc) is 2.84. The summed E-state index contributed by atoms with van der Waals surface area (Å²) in [5, 5.41) is 6.18. The monoisotopic (exact) mass is 251 g/mol. The summed E-state index contributed by atoms with van der Waals surface area (Å²) >= 11 is 0. The van der Waals surface area contributed by atoms with Crippen molar-refractivity contribution in [1.29, 1.82) is 0 Å². The summed E-state index contributed by atoms with van der Waals surface area (Å²) in [5.74, 6) is 1.50. The van der Waals surface area contributed by atoms with Gasteiger partial charge in [0.15, 0.2) is 0 Å². The van der Waals surface area contributed by atoms with Gasteiger partial charge in [-0.3, -0.25) is 4.79 Å². The molecule has 1 aromatic heterocycles. The zero-order valence-electron chi connectivity index (χ0n) is 11.1. The van der Waals surface area contributed by atoms with E-state index in [9.17, 15) is 4.79 Å². The van der Waals surface area contributed by atoms with Crippen molar-refractivity contribution < 1.29 is 9.21 Å². The minimum Gasteiger partial charge on any atom is -0.444 e. The Morgan fingerprint density at radius 2 is 2.50 bits per heavy atom. The normalized spacial score (nSPS) is 23.9. The molecule has 1 fully saturated rings. The lowest BCUT2D eigenvalue weighted by atomic mass is 9.82. The largest absolute Gasteiger partial charge is 0.444 e. The van der Waals surface area contributed by atoms with Gasteiger partial charge in [-0.05, 0) is 26.3 Å². The summed E-state index contributed by atoms with van der Waals surface area (Å²) < 4.78 is 5.46. The number of carbonyl (C=O) groups is 1. The van der Waals surface area contributed by atoms with Crippen molar-refractivity contribution in [1.82, 2.24) is 15.6 Å². The first-order valence-corrected chi connectivity index (χ1v) is 6.56. The molecule has 0 radical (unpaired) electrons. The second-order valence-corrected chi connectivity index (χ2v) is 5.10. The summed E-state index contributed by atoms with van der Waals surface area (Å²) in [7, 11) is 0. The predicted octanol–water partition coefficient (Wildman–Crippen LogP) is 1.24. The molecular formula is C13H21N3O2. The van der Waals surface area contributed by atoms with Gasteiger partial charge in [0.05, 0.1) is 18.2 Å². The molecule has 1 aliphatic heterocycles. The van der Waals surface area contributed by atoms with Crippen molar-refractivity contribution in [3.05, 3.63) is 17.8 Å². The number of hydrogen-bond donors (Lipinski definition) is 2. The van der Waals surface area contributed by atoms with E-state index in [4.69, 9.17) is 4.42 Å². The van der Waals surface area contributed by atoms with Crippen molar-refractivity contribution in [3.8, 4) is 0 Å². The molecule has 1 unspecified atom stereocenters. The van der Waals surface area contributed by atoms with Gasteiger partial charge < -0.3 is 15.1 Å². The fraction of sp³-hybridized carbons (Fsp3) is 0.692. The highest BCUT2D eigenvalue weighted by molar-refractivity contribution is 5.82. The predicted molar refractivity (Wildman–Crippen MR) is 67.9 cm³/mol. The lowest BCUT2D eigenvalue weighted by Gasteiger charge is -2.32. The van der Waals surface area contributed by atoms with Crippen LogP contribution in [0.5, 0.6) is 0 Å². The third kappa shape index (κ3) is 2.90. The molecule has 0 spiro atoms. The summed E-state index contributed by atoms with van der Waals surface area (Å²) in [6.45, 7) is 6.13. The number of oxazole rings is 1. The molecule has 5 heteroatoms. The number of nitrogens with one attached hydrogen (secondary N) is 2. The number of amides is 1. The van der Waals surface area contributed by atoms with E-state index >= 15 is 0 Å². The Morgan fingerprint density at radius 1 is 1.67 bits per heavy atom. The third-order valence-electron chi connectivity index (χ3n) is 3.50. The second kappa shape index (κ2) is 5.52. The second-order valence-electron chi connectivity index (χ2n) is 5.10. The number of carbonyl (C=O) groups excluding carboxylic acids is 1. The van der Waals surface area contributed by atoms with E-state index in [0.29, 0.717) is 12.4 Å². The van der Waals surface area contributed by atoms with Crippen LogP contribution < -0.4 is 10.6 Å². The SMILES string of the molecule is CCc1cnc(CNC(=O)C2(C)CCCNC2)o1. The highest BCUT2D eigenvalue weighted by atomic mass is 16.4. The zero-order valence-corrected chi connectivity index (χ0v) is 11.1. The average molecular weight is 251 g/mol. The molecule has 0 aliphatic carbocycles. The van der Waals surface area contributed by atoms with Crippen molar-refractivity contribution >= 4 is 5.91 Å². The minimum atomic E-state index is -0.307. The Kier molecular flexibility index (Phi) is 4.01. The van der Waals surface area contributed by atoms with Crippen LogP contribution in [0.2, 0.25) is 0 Å². The summed E-state index contributed by atoms with van der Waals surface area (Å²) in [6.07, 6.45) is 4.51. The Labute approximate surface area is 107 Å². The Balaban J connectivity index is 1.87. The van der Waals surface area contributed by atoms with Gasteiger partial charge in [-0.1, -0.05) is 6.92 Å². The maximum atomic E-state index is 12.1. The molecule has 1 aromatic rings. The molecule has 2 rings (SSSR count). The van der Waals surface area contributed by atoms with E-state index in [1.807, 2.05) is 13.8 Å². The van der Waals surface area contributed by atoms with Crippen LogP contribution in [-0.4, -0.2) is 24.0 Å². The van der Waals surface area contributed by atoms with Crippen LogP contribution >= 0.6 is 0 Å². The number of rotatable bonds is 4. The van der Waals surface area contributed by atoms with Gasteiger partial charge >= 0.3 is 0 Å². The van der Waals surface area contributed by atoms with E-state index in [2.05, 4.69) is 15.6 Å². The maximum absolute atomic E-state index is 12.1. The molecule has 1 aliphatic rings. The van der Waals surface area contributed by atoms with Gasteiger partial charge in [0.25, 0.3) is 0 Å². The molecule has 0 saturated carbocycles. The van der Waals surface area contributed by atoms with Crippen molar-refractivity contribution in [2.24, 2.45) is 5.41 Å². The van der Waals surface area contributed by atoms with Gasteiger partial charge in [-0.25, -0.2) is 4.98 Å². The summed E-state index contributed by atoms with van der Waals surface area (Å²) in [6, 6.07) is 0. The highest BCUT2D eigenvalue weighted by Crippen LogP contribution is 2.25. The molecule has 1 atom stereocenters. The maximum Gasteiger partial charge on any atom is 0.227 e. The molecule has 2 heterocycles. The Morgan fingerprint density at radius 3 is 3.11 bits per heavy atom. The van der Waals surface area contributed by atoms with E-state index in [-0.39, 0.29) is 11.3 Å². The van der Waals surface area contributed by atoms with E-state index in [1.165, 1.54) is 0 Å². The van der Waals surface area contributed by atoms with Gasteiger partial charge in [0.1, 0.15) is 5.76 Å². The summed E-state index contributed by atoms with van der Waals surface area (Å²) in [5.41, 5.74) is -0.307. The standard InChI is InChI=1S/C13H21N3O2/c1-3-10-7-15-11(18-10)8-16-12(17)13(2)5-4-6-14-9-13/h7,14H,3-6,8-9H2,1-2H3,(H,16,17). The van der Waals surface area contributed by atoms with E-state index in [1.54, 1.807) is 6.20 Å². The first-order chi connectivity index (χ1) is 8.64. The third-order valence-corrected chi connectivity index (χ3v) is 3.50. The number of piperidine rings is 1. The quantitative estimate of drug-likeness (QED) is 0.845. The molecule has 100 valence electrons. The Bertz CT molecular complexity index is 408. The van der Waals surface area contributed by atoms with E-state index < -0.39 is 0 Å². The molecule has 18 heavy (non-hydrogen) atoms. The molecule has 0 bridgehead atoms. The van der Waals surface area contributed by atoms with Crippen LogP contribution in [0.4, 0.5) is 0 Å². The highest BCUT2D eigenvalue weighted by Gasteiger charge is 2.34. The van der Waals surface area contributed by atoms with Crippen LogP contribution in [-0.2, 0) is 17.8 Å². The molecule has 0 aromatic carbocycles. The van der Waals surface area contributed by atoms with Crippen LogP contribution in [0, 0.1) is 5.41 Å². The van der Waals surface area contributed by atoms with Gasteiger partial charge in [0, 0.05) is 13.0 Å². The number of aromatic nitrogens is 1. The summed E-state index contributed by atoms with van der Waals surface area (Å²) in [4.78, 5) is 16.3. The van der Waals surface area contributed by atoms with Gasteiger partial charge in [0.2, 0.25) is 11.8 Å². The van der Waals surface area contributed by atoms with Crippen LogP contribution in [0.1, 0.15) is 38.3 Å². The fourth-order valence-corrected chi connectivity index (χ4v) is 2.21. The lowest BCUT2D eigenvalue weighted by molar-refractivity contribution is -0.131. The van der Waals surface area contributed by atoms with Crippen LogP contribution in [0.3, 0.4) is 0 Å². The molecular weight excluding hydrogens is 230 g/mol. The van der Waals surface area contributed by atoms with Crippen molar-refractivity contribution in [2.45, 2.75) is 39.7 Å². The molecule has 2 N–H and O–H groups in total. The molecule has 1 amide bonds. The Hall–Kier alpha value is -1.36. The van der Waals surface area contributed by atoms with Crippen molar-refractivity contribution in [3.63, 3.8) is 0 Å². The van der Waals surface area contributed by atoms with Crippen LogP contribution in [0.15, 0.2) is 10.6 Å². The van der Waals surface area contributed by atoms with Gasteiger partial charge in [-0.15, -0.1) is 0 Å². The zero-order chi connectivity index (χ0) is 13.0. The topological polar surface area (TPSA) is 67.2 Å². The van der Waals surface area contributed by atoms with Gasteiger partial charge in [-0.2, -0.15) is 0 Å².